The van der Waals surface area contributed by atoms with E-state index in [0.29, 0.717) is 11.4 Å². The Kier molecular flexibility index (Phi) is 3.04. The molecule has 1 amide bonds. The van der Waals surface area contributed by atoms with Crippen LogP contribution in [0.15, 0.2) is 24.4 Å². The summed E-state index contributed by atoms with van der Waals surface area (Å²) in [6, 6.07) is 5.52. The maximum absolute atomic E-state index is 11.7. The highest BCUT2D eigenvalue weighted by atomic mass is 16.5. The van der Waals surface area contributed by atoms with Gasteiger partial charge in [-0.2, -0.15) is 15.4 Å². The average molecular weight is 232 g/mol. The molecule has 0 unspecified atom stereocenters. The summed E-state index contributed by atoms with van der Waals surface area (Å²) in [7, 11) is 1.56. The Labute approximate surface area is 98.0 Å². The van der Waals surface area contributed by atoms with E-state index in [1.54, 1.807) is 13.2 Å². The molecular weight excluding hydrogens is 220 g/mol. The van der Waals surface area contributed by atoms with Gasteiger partial charge >= 0.3 is 0 Å². The number of nitrogens with one attached hydrogen (secondary N) is 2. The van der Waals surface area contributed by atoms with Gasteiger partial charge in [-0.1, -0.05) is 6.07 Å². The maximum Gasteiger partial charge on any atom is 0.277 e. The van der Waals surface area contributed by atoms with Crippen LogP contribution in [0.3, 0.4) is 0 Å². The number of anilines is 1. The van der Waals surface area contributed by atoms with Crippen molar-refractivity contribution < 1.29 is 9.53 Å². The number of benzene rings is 1. The van der Waals surface area contributed by atoms with Crippen LogP contribution in [0.4, 0.5) is 5.69 Å². The Morgan fingerprint density at radius 1 is 1.47 bits per heavy atom. The van der Waals surface area contributed by atoms with E-state index in [1.165, 1.54) is 6.20 Å². The van der Waals surface area contributed by atoms with Crippen molar-refractivity contribution in [1.82, 2.24) is 15.4 Å². The lowest BCUT2D eigenvalue weighted by molar-refractivity contribution is 0.102. The van der Waals surface area contributed by atoms with Gasteiger partial charge in [-0.25, -0.2) is 0 Å². The van der Waals surface area contributed by atoms with Gasteiger partial charge in [0.05, 0.1) is 19.0 Å². The Balaban J connectivity index is 2.21. The van der Waals surface area contributed by atoms with Crippen molar-refractivity contribution in [3.63, 3.8) is 0 Å². The highest BCUT2D eigenvalue weighted by Crippen LogP contribution is 2.25. The van der Waals surface area contributed by atoms with E-state index in [1.807, 2.05) is 19.1 Å². The summed E-state index contributed by atoms with van der Waals surface area (Å²) >= 11 is 0. The van der Waals surface area contributed by atoms with Gasteiger partial charge in [0.1, 0.15) is 5.75 Å². The van der Waals surface area contributed by atoms with Gasteiger partial charge in [-0.05, 0) is 24.6 Å². The predicted octanol–water partition coefficient (Wildman–Crippen LogP) is 1.37. The molecule has 0 aliphatic carbocycles. The molecule has 0 radical (unpaired) electrons. The largest absolute Gasteiger partial charge is 0.495 e. The van der Waals surface area contributed by atoms with Crippen LogP contribution in [-0.2, 0) is 0 Å². The third-order valence-corrected chi connectivity index (χ3v) is 2.25. The maximum atomic E-state index is 11.7. The van der Waals surface area contributed by atoms with Crippen molar-refractivity contribution in [1.29, 1.82) is 0 Å². The number of aryl methyl sites for hydroxylation is 1. The minimum absolute atomic E-state index is 0.229. The molecule has 0 fully saturated rings. The zero-order valence-corrected chi connectivity index (χ0v) is 9.52. The number of methoxy groups -OCH3 is 1. The van der Waals surface area contributed by atoms with Crippen molar-refractivity contribution in [2.24, 2.45) is 0 Å². The Morgan fingerprint density at radius 2 is 2.29 bits per heavy atom. The standard InChI is InChI=1S/C11H12N4O2/c1-7-3-4-8(10(5-7)17-2)13-11(16)9-6-12-15-14-9/h3-6H,1-2H3,(H,13,16)(H,12,14,15). The number of nitrogens with zero attached hydrogens (tertiary/aromatic N) is 2. The first-order chi connectivity index (χ1) is 8.20. The highest BCUT2D eigenvalue weighted by Gasteiger charge is 2.11. The number of amides is 1. The molecule has 17 heavy (non-hydrogen) atoms. The van der Waals surface area contributed by atoms with Crippen LogP contribution in [0.5, 0.6) is 5.75 Å². The lowest BCUT2D eigenvalue weighted by Crippen LogP contribution is -2.13. The number of H-pyrrole nitrogens is 1. The summed E-state index contributed by atoms with van der Waals surface area (Å²) in [5, 5.41) is 12.4. The molecule has 88 valence electrons. The molecule has 2 N–H and O–H groups in total. The summed E-state index contributed by atoms with van der Waals surface area (Å²) in [6.45, 7) is 1.95. The molecule has 1 aromatic heterocycles. The van der Waals surface area contributed by atoms with Crippen LogP contribution in [-0.4, -0.2) is 28.4 Å². The first-order valence-electron chi connectivity index (χ1n) is 5.02. The fourth-order valence-electron chi connectivity index (χ4n) is 1.40. The molecule has 0 aliphatic heterocycles. The van der Waals surface area contributed by atoms with Gasteiger partial charge in [0.25, 0.3) is 5.91 Å². The van der Waals surface area contributed by atoms with Crippen LogP contribution in [0.2, 0.25) is 0 Å². The number of aromatic nitrogens is 3. The minimum atomic E-state index is -0.332. The van der Waals surface area contributed by atoms with Crippen molar-refractivity contribution in [2.45, 2.75) is 6.92 Å². The van der Waals surface area contributed by atoms with Crippen molar-refractivity contribution in [3.8, 4) is 5.75 Å². The summed E-state index contributed by atoms with van der Waals surface area (Å²) in [5.74, 6) is 0.280. The minimum Gasteiger partial charge on any atom is -0.495 e. The number of rotatable bonds is 3. The molecule has 0 bridgehead atoms. The monoisotopic (exact) mass is 232 g/mol. The molecule has 1 heterocycles. The average Bonchev–Trinajstić information content (AvgIpc) is 2.85. The third-order valence-electron chi connectivity index (χ3n) is 2.25. The fraction of sp³-hybridized carbons (Fsp3) is 0.182. The Bertz CT molecular complexity index is 522. The van der Waals surface area contributed by atoms with E-state index >= 15 is 0 Å². The van der Waals surface area contributed by atoms with Crippen LogP contribution in [0.25, 0.3) is 0 Å². The van der Waals surface area contributed by atoms with E-state index in [9.17, 15) is 4.79 Å². The van der Waals surface area contributed by atoms with E-state index < -0.39 is 0 Å². The fourth-order valence-corrected chi connectivity index (χ4v) is 1.40. The van der Waals surface area contributed by atoms with Crippen molar-refractivity contribution >= 4 is 11.6 Å². The molecule has 0 saturated carbocycles. The van der Waals surface area contributed by atoms with E-state index in [4.69, 9.17) is 4.74 Å². The molecule has 0 aliphatic rings. The topological polar surface area (TPSA) is 79.9 Å². The number of hydrogen-bond donors (Lipinski definition) is 2. The van der Waals surface area contributed by atoms with Crippen LogP contribution < -0.4 is 10.1 Å². The van der Waals surface area contributed by atoms with Gasteiger partial charge in [0, 0.05) is 0 Å². The second-order valence-corrected chi connectivity index (χ2v) is 3.51. The van der Waals surface area contributed by atoms with Gasteiger partial charge in [0.15, 0.2) is 5.69 Å². The zero-order chi connectivity index (χ0) is 12.3. The molecule has 2 rings (SSSR count). The molecular formula is C11H12N4O2. The third kappa shape index (κ3) is 2.41. The van der Waals surface area contributed by atoms with Gasteiger partial charge in [-0.15, -0.1) is 0 Å². The van der Waals surface area contributed by atoms with Crippen LogP contribution >= 0.6 is 0 Å². The lowest BCUT2D eigenvalue weighted by Gasteiger charge is -2.09. The van der Waals surface area contributed by atoms with E-state index in [2.05, 4.69) is 20.7 Å². The van der Waals surface area contributed by atoms with Gasteiger partial charge in [-0.3, -0.25) is 4.79 Å². The van der Waals surface area contributed by atoms with E-state index in [0.717, 1.165) is 5.56 Å². The molecule has 1 aromatic carbocycles. The number of carbonyl (C=O) groups excluding carboxylic acids is 1. The smallest absolute Gasteiger partial charge is 0.277 e. The zero-order valence-electron chi connectivity index (χ0n) is 9.52. The van der Waals surface area contributed by atoms with Gasteiger partial charge in [0.2, 0.25) is 0 Å². The van der Waals surface area contributed by atoms with Crippen molar-refractivity contribution in [2.75, 3.05) is 12.4 Å². The van der Waals surface area contributed by atoms with Crippen LogP contribution in [0.1, 0.15) is 16.1 Å². The predicted molar refractivity (Wildman–Crippen MR) is 62.1 cm³/mol. The lowest BCUT2D eigenvalue weighted by atomic mass is 10.2. The molecule has 0 saturated heterocycles. The highest BCUT2D eigenvalue weighted by molar-refractivity contribution is 6.03. The first-order valence-corrected chi connectivity index (χ1v) is 5.02. The number of aromatic amines is 1. The molecule has 6 nitrogen and oxygen atoms in total. The second kappa shape index (κ2) is 4.65. The molecule has 2 aromatic rings. The Hall–Kier alpha value is -2.37. The SMILES string of the molecule is COc1cc(C)ccc1NC(=O)c1cn[nH]n1. The van der Waals surface area contributed by atoms with E-state index in [-0.39, 0.29) is 11.6 Å². The number of carbonyl (C=O) groups is 1. The summed E-state index contributed by atoms with van der Waals surface area (Å²) in [4.78, 5) is 11.7. The normalized spacial score (nSPS) is 10.0. The van der Waals surface area contributed by atoms with Crippen molar-refractivity contribution in [3.05, 3.63) is 35.7 Å². The summed E-state index contributed by atoms with van der Waals surface area (Å²) in [5.41, 5.74) is 1.89. The second-order valence-electron chi connectivity index (χ2n) is 3.51. The molecule has 6 heteroatoms. The number of hydrogen-bond acceptors (Lipinski definition) is 4. The first kappa shape index (κ1) is 11.1. The summed E-state index contributed by atoms with van der Waals surface area (Å²) in [6.07, 6.45) is 1.36. The Morgan fingerprint density at radius 3 is 2.94 bits per heavy atom. The molecule has 0 spiro atoms. The number of ether oxygens (including phenoxy) is 1. The quantitative estimate of drug-likeness (QED) is 0.837. The summed E-state index contributed by atoms with van der Waals surface area (Å²) < 4.78 is 5.19. The molecule has 0 atom stereocenters. The van der Waals surface area contributed by atoms with Gasteiger partial charge < -0.3 is 10.1 Å². The van der Waals surface area contributed by atoms with Crippen LogP contribution in [0, 0.1) is 6.92 Å².